The van der Waals surface area contributed by atoms with Crippen molar-refractivity contribution in [1.29, 1.82) is 0 Å². The second-order valence-electron chi connectivity index (χ2n) is 10.5. The van der Waals surface area contributed by atoms with Gasteiger partial charge in [0, 0.05) is 62.3 Å². The Morgan fingerprint density at radius 1 is 1.05 bits per heavy atom. The van der Waals surface area contributed by atoms with Gasteiger partial charge in [-0.2, -0.15) is 4.98 Å². The summed E-state index contributed by atoms with van der Waals surface area (Å²) in [4.78, 5) is 37.2. The zero-order valence-electron chi connectivity index (χ0n) is 22.8. The second kappa shape index (κ2) is 11.1. The topological polar surface area (TPSA) is 118 Å². The van der Waals surface area contributed by atoms with Gasteiger partial charge < -0.3 is 10.2 Å². The van der Waals surface area contributed by atoms with Gasteiger partial charge in [0.1, 0.15) is 5.65 Å². The molecule has 0 bridgehead atoms. The number of hydrogen-bond acceptors (Lipinski definition) is 7. The van der Waals surface area contributed by atoms with Crippen LogP contribution in [-0.2, 0) is 14.8 Å². The second-order valence-corrected chi connectivity index (χ2v) is 12.7. The highest BCUT2D eigenvalue weighted by Gasteiger charge is 2.28. The normalized spacial score (nSPS) is 18.0. The van der Waals surface area contributed by atoms with Gasteiger partial charge in [-0.3, -0.25) is 14.2 Å². The number of hydrogen-bond donors (Lipinski definition) is 1. The predicted octanol–water partition coefficient (Wildman–Crippen LogP) is 3.18. The Morgan fingerprint density at radius 3 is 2.38 bits per heavy atom. The fourth-order valence-corrected chi connectivity index (χ4v) is 6.81. The number of fused-ring (bicyclic) bond motifs is 1. The molecule has 1 amide bonds. The van der Waals surface area contributed by atoms with Crippen LogP contribution in [0.25, 0.3) is 22.2 Å². The van der Waals surface area contributed by atoms with Crippen molar-refractivity contribution in [2.45, 2.75) is 58.5 Å². The van der Waals surface area contributed by atoms with Crippen LogP contribution in [0.3, 0.4) is 0 Å². The number of pyridine rings is 1. The van der Waals surface area contributed by atoms with E-state index in [-0.39, 0.29) is 29.3 Å². The molecule has 2 fully saturated rings. The summed E-state index contributed by atoms with van der Waals surface area (Å²) in [6.45, 7) is 7.34. The molecule has 0 unspecified atom stereocenters. The largest absolute Gasteiger partial charge is 0.351 e. The summed E-state index contributed by atoms with van der Waals surface area (Å²) in [6, 6.07) is 9.67. The summed E-state index contributed by atoms with van der Waals surface area (Å²) in [7, 11) is -3.20. The van der Waals surface area contributed by atoms with Crippen molar-refractivity contribution in [3.63, 3.8) is 0 Å². The van der Waals surface area contributed by atoms with E-state index in [1.165, 1.54) is 0 Å². The molecule has 2 saturated heterocycles. The number of benzene rings is 1. The van der Waals surface area contributed by atoms with Crippen LogP contribution in [0.1, 0.15) is 51.1 Å². The molecule has 0 spiro atoms. The molecular weight excluding hydrogens is 516 g/mol. The van der Waals surface area contributed by atoms with E-state index in [1.54, 1.807) is 28.9 Å². The first-order valence-electron chi connectivity index (χ1n) is 13.7. The molecule has 1 N–H and O–H groups in total. The molecule has 2 aliphatic heterocycles. The number of carbonyl (C=O) groups is 1. The Kier molecular flexibility index (Phi) is 7.73. The quantitative estimate of drug-likeness (QED) is 0.499. The molecule has 4 heterocycles. The number of aryl methyl sites for hydroxylation is 1. The molecule has 208 valence electrons. The third-order valence-electron chi connectivity index (χ3n) is 8.03. The molecule has 0 aliphatic carbocycles. The molecule has 0 saturated carbocycles. The molecule has 39 heavy (non-hydrogen) atoms. The highest BCUT2D eigenvalue weighted by molar-refractivity contribution is 7.89. The predicted molar refractivity (Wildman–Crippen MR) is 152 cm³/mol. The van der Waals surface area contributed by atoms with Gasteiger partial charge >= 0.3 is 0 Å². The van der Waals surface area contributed by atoms with Crippen molar-refractivity contribution in [3.8, 4) is 11.1 Å². The summed E-state index contributed by atoms with van der Waals surface area (Å²) >= 11 is 0. The summed E-state index contributed by atoms with van der Waals surface area (Å²) in [5.74, 6) is 0.579. The highest BCUT2D eigenvalue weighted by atomic mass is 32.2. The van der Waals surface area contributed by atoms with E-state index in [2.05, 4.69) is 10.3 Å². The average molecular weight is 553 g/mol. The molecule has 1 aromatic carbocycles. The minimum absolute atomic E-state index is 0.0379. The molecule has 0 atom stereocenters. The Bertz CT molecular complexity index is 1540. The summed E-state index contributed by atoms with van der Waals surface area (Å²) in [6.07, 6.45) is 4.40. The molecular formula is C28H36N6O4S. The zero-order chi connectivity index (χ0) is 27.7. The number of likely N-dealkylation sites (tertiary alicyclic amines) is 1. The third-order valence-corrected chi connectivity index (χ3v) is 9.91. The van der Waals surface area contributed by atoms with Crippen molar-refractivity contribution >= 4 is 32.9 Å². The molecule has 11 heteroatoms. The molecule has 2 aromatic heterocycles. The summed E-state index contributed by atoms with van der Waals surface area (Å²) in [5.41, 5.74) is 2.99. The van der Waals surface area contributed by atoms with Gasteiger partial charge in [0.2, 0.25) is 21.9 Å². The van der Waals surface area contributed by atoms with E-state index in [9.17, 15) is 18.0 Å². The maximum atomic E-state index is 14.0. The minimum Gasteiger partial charge on any atom is -0.351 e. The molecule has 5 rings (SSSR count). The maximum Gasteiger partial charge on any atom is 0.260 e. The number of nitrogens with one attached hydrogen (secondary N) is 1. The zero-order valence-corrected chi connectivity index (χ0v) is 23.6. The third kappa shape index (κ3) is 5.56. The fraction of sp³-hybridized carbons (Fsp3) is 0.500. The van der Waals surface area contributed by atoms with E-state index in [1.807, 2.05) is 42.2 Å². The van der Waals surface area contributed by atoms with Crippen LogP contribution in [0.15, 0.2) is 41.3 Å². The molecule has 0 radical (unpaired) electrons. The Hall–Kier alpha value is -3.31. The van der Waals surface area contributed by atoms with E-state index < -0.39 is 10.0 Å². The fourth-order valence-electron chi connectivity index (χ4n) is 5.68. The van der Waals surface area contributed by atoms with Gasteiger partial charge in [-0.05, 0) is 56.7 Å². The van der Waals surface area contributed by atoms with Crippen molar-refractivity contribution in [1.82, 2.24) is 23.7 Å². The van der Waals surface area contributed by atoms with Crippen molar-refractivity contribution < 1.29 is 13.2 Å². The number of piperidine rings is 2. The Morgan fingerprint density at radius 2 is 1.74 bits per heavy atom. The monoisotopic (exact) mass is 552 g/mol. The van der Waals surface area contributed by atoms with Crippen LogP contribution in [0.4, 0.5) is 5.95 Å². The van der Waals surface area contributed by atoms with Gasteiger partial charge in [-0.15, -0.1) is 0 Å². The number of aromatic nitrogens is 3. The van der Waals surface area contributed by atoms with Crippen molar-refractivity contribution in [2.24, 2.45) is 0 Å². The van der Waals surface area contributed by atoms with Gasteiger partial charge in [0.25, 0.3) is 5.56 Å². The van der Waals surface area contributed by atoms with Crippen LogP contribution < -0.4 is 10.9 Å². The van der Waals surface area contributed by atoms with Crippen molar-refractivity contribution in [2.75, 3.05) is 37.2 Å². The van der Waals surface area contributed by atoms with Gasteiger partial charge in [0.15, 0.2) is 0 Å². The number of amides is 1. The lowest BCUT2D eigenvalue weighted by Crippen LogP contribution is -2.43. The van der Waals surface area contributed by atoms with E-state index >= 15 is 0 Å². The van der Waals surface area contributed by atoms with Crippen LogP contribution in [0.2, 0.25) is 0 Å². The first-order chi connectivity index (χ1) is 18.7. The Labute approximate surface area is 229 Å². The molecule has 10 nitrogen and oxygen atoms in total. The number of anilines is 1. The SMILES string of the molecule is CCS(=O)(=O)N1CCC(Nc2ncc3cc(-c4ccccc4C)c(=O)n(C4CCN(C(C)=O)CC4)c3n2)CC1. The van der Waals surface area contributed by atoms with Gasteiger partial charge in [-0.1, -0.05) is 24.3 Å². The standard InChI is InChI=1S/C28H36N6O4S/c1-4-39(37,38)33-15-9-22(10-16-33)30-28-29-18-21-17-25(24-8-6-5-7-19(24)2)27(36)34(26(21)31-28)23-11-13-32(14-12-23)20(3)35/h5-8,17-18,22-23H,4,9-16H2,1-3H3,(H,29,30,31). The van der Waals surface area contributed by atoms with Gasteiger partial charge in [0.05, 0.1) is 5.75 Å². The minimum atomic E-state index is -3.20. The smallest absolute Gasteiger partial charge is 0.260 e. The Balaban J connectivity index is 1.50. The lowest BCUT2D eigenvalue weighted by Gasteiger charge is -2.33. The molecule has 3 aromatic rings. The molecule has 2 aliphatic rings. The van der Waals surface area contributed by atoms with Crippen LogP contribution in [-0.4, -0.2) is 76.0 Å². The summed E-state index contributed by atoms with van der Waals surface area (Å²) in [5, 5.41) is 4.15. The van der Waals surface area contributed by atoms with Crippen LogP contribution in [0, 0.1) is 6.92 Å². The van der Waals surface area contributed by atoms with Crippen LogP contribution >= 0.6 is 0 Å². The number of sulfonamides is 1. The number of carbonyl (C=O) groups excluding carboxylic acids is 1. The van der Waals surface area contributed by atoms with Crippen LogP contribution in [0.5, 0.6) is 0 Å². The van der Waals surface area contributed by atoms with E-state index in [0.717, 1.165) is 16.5 Å². The first-order valence-corrected chi connectivity index (χ1v) is 15.3. The number of rotatable bonds is 6. The highest BCUT2D eigenvalue weighted by Crippen LogP contribution is 2.29. The van der Waals surface area contributed by atoms with E-state index in [0.29, 0.717) is 69.0 Å². The maximum absolute atomic E-state index is 14.0. The summed E-state index contributed by atoms with van der Waals surface area (Å²) < 4.78 is 27.8. The van der Waals surface area contributed by atoms with Crippen molar-refractivity contribution in [3.05, 3.63) is 52.4 Å². The lowest BCUT2D eigenvalue weighted by atomic mass is 9.99. The first kappa shape index (κ1) is 27.3. The van der Waals surface area contributed by atoms with Gasteiger partial charge in [-0.25, -0.2) is 17.7 Å². The average Bonchev–Trinajstić information content (AvgIpc) is 2.93. The number of nitrogens with zero attached hydrogens (tertiary/aromatic N) is 5. The van der Waals surface area contributed by atoms with E-state index in [4.69, 9.17) is 4.98 Å². The lowest BCUT2D eigenvalue weighted by molar-refractivity contribution is -0.130.